The van der Waals surface area contributed by atoms with Crippen LogP contribution in [0.3, 0.4) is 0 Å². The molecule has 1 saturated heterocycles. The van der Waals surface area contributed by atoms with Gasteiger partial charge >= 0.3 is 6.09 Å². The summed E-state index contributed by atoms with van der Waals surface area (Å²) in [5.41, 5.74) is 9.07. The van der Waals surface area contributed by atoms with Gasteiger partial charge in [0.15, 0.2) is 0 Å². The van der Waals surface area contributed by atoms with Gasteiger partial charge in [0.2, 0.25) is 23.6 Å². The molecular weight excluding hydrogens is 820 g/mol. The van der Waals surface area contributed by atoms with E-state index in [0.717, 1.165) is 40.1 Å². The van der Waals surface area contributed by atoms with E-state index >= 15 is 0 Å². The van der Waals surface area contributed by atoms with Gasteiger partial charge in [-0.3, -0.25) is 19.2 Å². The van der Waals surface area contributed by atoms with Crippen molar-refractivity contribution < 1.29 is 38.6 Å². The molecule has 1 aliphatic heterocycles. The van der Waals surface area contributed by atoms with Crippen LogP contribution >= 0.6 is 22.9 Å². The number of thiazole rings is 1. The number of nitrogens with one attached hydrogen (secondary N) is 3. The van der Waals surface area contributed by atoms with Gasteiger partial charge in [-0.25, -0.2) is 9.78 Å². The van der Waals surface area contributed by atoms with Crippen LogP contribution in [-0.4, -0.2) is 87.7 Å². The van der Waals surface area contributed by atoms with Gasteiger partial charge in [-0.05, 0) is 94.4 Å². The number of nitrogens with two attached hydrogens (primary N) is 1. The Morgan fingerprint density at radius 1 is 1.02 bits per heavy atom. The zero-order valence-corrected chi connectivity index (χ0v) is 37.8. The van der Waals surface area contributed by atoms with Crippen LogP contribution in [0.4, 0.5) is 4.79 Å². The molecule has 4 atom stereocenters. The van der Waals surface area contributed by atoms with Crippen molar-refractivity contribution >= 4 is 52.7 Å². The molecule has 2 aliphatic rings. The standard InChI is InChI=1S/C45H61ClN6O8S/c1-27-38(61-26-48-27)29-15-17-30(18-16-29)45(21-22-45)51-40(56)33-23-32(53)24-52(33)41(57)39(43(2,3)4)50-36(55)14-9-8-11-28-12-10-13-34(37(28)46)59-25-31(19-20-35(47)54)49-42(58)60-44(5,6)7/h10,12-13,15-18,26,31-33,39,53H,8-9,11,14,19-25H2,1-7H3,(H2,47,54)(H,49,58)(H,50,55)(H,51,56)/t31-,32+,33-,39+/m0/s1. The van der Waals surface area contributed by atoms with Gasteiger partial charge < -0.3 is 41.2 Å². The summed E-state index contributed by atoms with van der Waals surface area (Å²) in [6.07, 6.45) is 2.24. The molecule has 3 aromatic rings. The van der Waals surface area contributed by atoms with Gasteiger partial charge in [-0.15, -0.1) is 11.3 Å². The maximum absolute atomic E-state index is 14.2. The van der Waals surface area contributed by atoms with E-state index in [2.05, 4.69) is 20.9 Å². The van der Waals surface area contributed by atoms with E-state index in [1.54, 1.807) is 44.2 Å². The predicted octanol–water partition coefficient (Wildman–Crippen LogP) is 6.32. The summed E-state index contributed by atoms with van der Waals surface area (Å²) < 4.78 is 11.3. The van der Waals surface area contributed by atoms with Crippen LogP contribution in [0.5, 0.6) is 5.75 Å². The Balaban J connectivity index is 1.14. The number of β-amino-alcohol motifs (C(OH)–C–C–N with tert-alkyl or cyclic N) is 1. The Morgan fingerprint density at radius 2 is 1.72 bits per heavy atom. The van der Waals surface area contributed by atoms with Crippen LogP contribution in [0.15, 0.2) is 48.0 Å². The van der Waals surface area contributed by atoms with Crippen molar-refractivity contribution in [2.45, 2.75) is 142 Å². The molecule has 0 radical (unpaired) electrons. The van der Waals surface area contributed by atoms with Crippen LogP contribution < -0.4 is 26.4 Å². The van der Waals surface area contributed by atoms with E-state index in [1.807, 2.05) is 63.5 Å². The number of carbonyl (C=O) groups excluding carboxylic acids is 5. The summed E-state index contributed by atoms with van der Waals surface area (Å²) >= 11 is 8.31. The number of aliphatic hydroxyl groups is 1. The minimum absolute atomic E-state index is 0.00686. The van der Waals surface area contributed by atoms with Crippen LogP contribution in [0.2, 0.25) is 5.02 Å². The fraction of sp³-hybridized carbons (Fsp3) is 0.556. The highest BCUT2D eigenvalue weighted by Gasteiger charge is 2.50. The molecule has 2 heterocycles. The molecule has 332 valence electrons. The first-order valence-electron chi connectivity index (χ1n) is 20.9. The van der Waals surface area contributed by atoms with Crippen LogP contribution in [0, 0.1) is 12.3 Å². The predicted molar refractivity (Wildman–Crippen MR) is 235 cm³/mol. The van der Waals surface area contributed by atoms with Crippen molar-refractivity contribution in [1.82, 2.24) is 25.8 Å². The highest BCUT2D eigenvalue weighted by atomic mass is 35.5. The molecule has 6 N–H and O–H groups in total. The SMILES string of the molecule is Cc1ncsc1-c1ccc(C2(NC(=O)[C@@H]3C[C@@H](O)CN3C(=O)[C@@H](NC(=O)CCCCc3cccc(OC[C@H](CCC(N)=O)NC(=O)OC(C)(C)C)c3Cl)C(C)(C)C)CC2)cc1. The third-order valence-electron chi connectivity index (χ3n) is 10.9. The molecule has 0 spiro atoms. The Hall–Kier alpha value is -4.73. The van der Waals surface area contributed by atoms with E-state index in [9.17, 15) is 29.1 Å². The average molecular weight is 882 g/mol. The summed E-state index contributed by atoms with van der Waals surface area (Å²) in [5.74, 6) is -1.13. The number of nitrogens with zero attached hydrogens (tertiary/aromatic N) is 2. The smallest absolute Gasteiger partial charge is 0.407 e. The number of rotatable bonds is 18. The fourth-order valence-electron chi connectivity index (χ4n) is 7.44. The largest absolute Gasteiger partial charge is 0.490 e. The summed E-state index contributed by atoms with van der Waals surface area (Å²) in [4.78, 5) is 72.2. The minimum Gasteiger partial charge on any atom is -0.490 e. The molecule has 2 fully saturated rings. The van der Waals surface area contributed by atoms with E-state index < -0.39 is 58.7 Å². The lowest BCUT2D eigenvalue weighted by Gasteiger charge is -2.35. The maximum atomic E-state index is 14.2. The minimum atomic E-state index is -0.932. The van der Waals surface area contributed by atoms with Gasteiger partial charge in [0.25, 0.3) is 0 Å². The summed E-state index contributed by atoms with van der Waals surface area (Å²) in [7, 11) is 0. The van der Waals surface area contributed by atoms with Crippen molar-refractivity contribution in [3.63, 3.8) is 0 Å². The molecule has 1 saturated carbocycles. The number of alkyl carbamates (subject to hydrolysis) is 1. The number of amides is 5. The van der Waals surface area contributed by atoms with E-state index in [4.69, 9.17) is 26.8 Å². The number of aromatic nitrogens is 1. The zero-order valence-electron chi connectivity index (χ0n) is 36.3. The van der Waals surface area contributed by atoms with Gasteiger partial charge in [0.1, 0.15) is 30.0 Å². The van der Waals surface area contributed by atoms with Crippen LogP contribution in [-0.2, 0) is 35.9 Å². The topological polar surface area (TPSA) is 202 Å². The Morgan fingerprint density at radius 3 is 2.33 bits per heavy atom. The number of halogens is 1. The van der Waals surface area contributed by atoms with Gasteiger partial charge in [0.05, 0.1) is 38.8 Å². The molecule has 5 rings (SSSR count). The summed E-state index contributed by atoms with van der Waals surface area (Å²) in [5, 5.41) is 20.0. The number of likely N-dealkylation sites (tertiary alicyclic amines) is 1. The lowest BCUT2D eigenvalue weighted by Crippen LogP contribution is -2.58. The van der Waals surface area contributed by atoms with Crippen molar-refractivity contribution in [3.8, 4) is 16.2 Å². The monoisotopic (exact) mass is 880 g/mol. The number of aliphatic hydroxyl groups excluding tert-OH is 1. The molecule has 1 aromatic heterocycles. The van der Waals surface area contributed by atoms with Crippen molar-refractivity contribution in [2.75, 3.05) is 13.2 Å². The second-order valence-electron chi connectivity index (χ2n) is 18.3. The number of hydrogen-bond acceptors (Lipinski definition) is 10. The maximum Gasteiger partial charge on any atom is 0.407 e. The third-order valence-corrected chi connectivity index (χ3v) is 12.3. The summed E-state index contributed by atoms with van der Waals surface area (Å²) in [6, 6.07) is 11.2. The molecule has 2 aromatic carbocycles. The lowest BCUT2D eigenvalue weighted by molar-refractivity contribution is -0.144. The second-order valence-corrected chi connectivity index (χ2v) is 19.5. The first kappa shape index (κ1) is 47.3. The van der Waals surface area contributed by atoms with E-state index in [1.165, 1.54) is 4.90 Å². The number of unbranched alkanes of at least 4 members (excludes halogenated alkanes) is 1. The van der Waals surface area contributed by atoms with Gasteiger partial charge in [-0.1, -0.05) is 68.8 Å². The van der Waals surface area contributed by atoms with Crippen LogP contribution in [0.25, 0.3) is 10.4 Å². The van der Waals surface area contributed by atoms with Crippen molar-refractivity contribution in [2.24, 2.45) is 11.1 Å². The average Bonchev–Trinajstić information content (AvgIpc) is 3.64. The zero-order chi connectivity index (χ0) is 44.7. The molecule has 5 amide bonds. The Bertz CT molecular complexity index is 2040. The first-order valence-corrected chi connectivity index (χ1v) is 22.2. The number of hydrogen-bond donors (Lipinski definition) is 5. The number of primary amides is 1. The molecule has 14 nitrogen and oxygen atoms in total. The lowest BCUT2D eigenvalue weighted by atomic mass is 9.85. The number of benzene rings is 2. The second kappa shape index (κ2) is 20.0. The molecule has 0 bridgehead atoms. The Labute approximate surface area is 367 Å². The molecule has 16 heteroatoms. The summed E-state index contributed by atoms with van der Waals surface area (Å²) in [6.45, 7) is 12.8. The van der Waals surface area contributed by atoms with Crippen LogP contribution in [0.1, 0.15) is 110 Å². The molecule has 61 heavy (non-hydrogen) atoms. The highest BCUT2D eigenvalue weighted by Crippen LogP contribution is 2.46. The quantitative estimate of drug-likeness (QED) is 0.0907. The number of aryl methyl sites for hydroxylation is 2. The van der Waals surface area contributed by atoms with Gasteiger partial charge in [-0.2, -0.15) is 0 Å². The molecular formula is C45H61ClN6O8S. The number of ether oxygens (including phenoxy) is 2. The fourth-order valence-corrected chi connectivity index (χ4v) is 8.53. The first-order chi connectivity index (χ1) is 28.7. The molecule has 0 unspecified atom stereocenters. The van der Waals surface area contributed by atoms with Gasteiger partial charge in [0, 0.05) is 25.8 Å². The van der Waals surface area contributed by atoms with E-state index in [0.29, 0.717) is 30.0 Å². The van der Waals surface area contributed by atoms with Crippen molar-refractivity contribution in [1.29, 1.82) is 0 Å². The highest BCUT2D eigenvalue weighted by molar-refractivity contribution is 7.13. The van der Waals surface area contributed by atoms with Crippen molar-refractivity contribution in [3.05, 3.63) is 69.8 Å². The third kappa shape index (κ3) is 13.1. The molecule has 1 aliphatic carbocycles. The van der Waals surface area contributed by atoms with E-state index in [-0.39, 0.29) is 50.6 Å². The normalized spacial score (nSPS) is 18.1. The Kier molecular flexibility index (Phi) is 15.5. The number of carbonyl (C=O) groups is 5.